The maximum Gasteiger partial charge on any atom is 0.419 e. The van der Waals surface area contributed by atoms with Gasteiger partial charge < -0.3 is 29.2 Å². The number of nitrogens with zero attached hydrogens (tertiary/aromatic N) is 5. The average Bonchev–Trinajstić information content (AvgIpc) is 2.00. The largest absolute Gasteiger partial charge is 0.444 e. The number of hydrogen-bond donors (Lipinski definition) is 2. The van der Waals surface area contributed by atoms with Gasteiger partial charge in [0.1, 0.15) is 22.4 Å². The fourth-order valence-corrected chi connectivity index (χ4v) is 10.2. The minimum Gasteiger partial charge on any atom is -0.444 e. The molecule has 0 bridgehead atoms. The predicted molar refractivity (Wildman–Crippen MR) is 351 cm³/mol. The van der Waals surface area contributed by atoms with Gasteiger partial charge in [-0.2, -0.15) is 5.01 Å². The number of amides is 8. The summed E-state index contributed by atoms with van der Waals surface area (Å²) in [5.74, 6) is -0.879. The van der Waals surface area contributed by atoms with Gasteiger partial charge in [0.15, 0.2) is 0 Å². The fraction of sp³-hybridized carbons (Fsp3) is 0.855. The zero-order valence-corrected chi connectivity index (χ0v) is 58.2. The first-order chi connectivity index (χ1) is 41.4. The van der Waals surface area contributed by atoms with E-state index < -0.39 is 52.5 Å². The summed E-state index contributed by atoms with van der Waals surface area (Å²) in [6, 6.07) is -0.0114. The average molecular weight is 1250 g/mol. The standard InChI is InChI=1S/C69H127N7O12/c1-15-45-59(78)75(76-60(79)48-49-61(76)80)55-41-36-32-30-28-26-24-22-20-18-16-17-19-21-23-25-27-29-31-33-38-47-58(77)71-51-39-35-34-37-46-57(2)73(63(82)86-67(6,7)8)53-42-40-50-70-56-72(62(81)85-66(3,4)5)52-43-44-54-74(64(83)87-68(9,10)11)65(84)88-69(12,13)14/h48-49,57,70H,15-47,50-56H2,1-14H3,(H,71,77). The zero-order chi connectivity index (χ0) is 66.0. The summed E-state index contributed by atoms with van der Waals surface area (Å²) in [5, 5.41) is 8.83. The summed E-state index contributed by atoms with van der Waals surface area (Å²) >= 11 is 0. The second-order valence-electron chi connectivity index (χ2n) is 28.3. The van der Waals surface area contributed by atoms with Gasteiger partial charge in [0.2, 0.25) is 11.8 Å². The van der Waals surface area contributed by atoms with Gasteiger partial charge in [-0.15, -0.1) is 0 Å². The monoisotopic (exact) mass is 1250 g/mol. The molecule has 19 nitrogen and oxygen atoms in total. The Labute approximate surface area is 533 Å². The van der Waals surface area contributed by atoms with Crippen LogP contribution in [0.25, 0.3) is 0 Å². The Balaban J connectivity index is 2.21. The molecule has 1 aliphatic rings. The van der Waals surface area contributed by atoms with Crippen LogP contribution in [0.5, 0.6) is 0 Å². The summed E-state index contributed by atoms with van der Waals surface area (Å²) in [7, 11) is 0. The van der Waals surface area contributed by atoms with Crippen LogP contribution in [0.1, 0.15) is 309 Å². The number of hydrazine groups is 1. The molecule has 0 fully saturated rings. The van der Waals surface area contributed by atoms with E-state index in [9.17, 15) is 38.4 Å². The summed E-state index contributed by atoms with van der Waals surface area (Å²) in [6.07, 6.45) is 34.5. The molecule has 0 aromatic heterocycles. The van der Waals surface area contributed by atoms with E-state index >= 15 is 0 Å². The van der Waals surface area contributed by atoms with E-state index in [4.69, 9.17) is 18.9 Å². The van der Waals surface area contributed by atoms with Crippen LogP contribution < -0.4 is 10.6 Å². The van der Waals surface area contributed by atoms with Crippen LogP contribution in [0.2, 0.25) is 0 Å². The molecule has 0 radical (unpaired) electrons. The van der Waals surface area contributed by atoms with Gasteiger partial charge in [0.25, 0.3) is 11.8 Å². The Morgan fingerprint density at radius 1 is 0.443 bits per heavy atom. The van der Waals surface area contributed by atoms with E-state index in [1.165, 1.54) is 120 Å². The van der Waals surface area contributed by atoms with Crippen LogP contribution >= 0.6 is 0 Å². The van der Waals surface area contributed by atoms with Crippen LogP contribution in [0, 0.1) is 0 Å². The Morgan fingerprint density at radius 3 is 1.28 bits per heavy atom. The number of rotatable bonds is 47. The van der Waals surface area contributed by atoms with Gasteiger partial charge in [-0.1, -0.05) is 148 Å². The van der Waals surface area contributed by atoms with Gasteiger partial charge in [-0.25, -0.2) is 29.1 Å². The molecular formula is C69H127N7O12. The number of carbonyl (C=O) groups is 8. The van der Waals surface area contributed by atoms with E-state index in [0.29, 0.717) is 64.8 Å². The molecule has 1 rings (SSSR count). The van der Waals surface area contributed by atoms with Crippen molar-refractivity contribution in [3.8, 4) is 0 Å². The van der Waals surface area contributed by atoms with Gasteiger partial charge >= 0.3 is 24.4 Å². The molecule has 0 spiro atoms. The molecule has 1 unspecified atom stereocenters. The molecule has 0 aliphatic carbocycles. The number of nitrogens with one attached hydrogen (secondary N) is 2. The van der Waals surface area contributed by atoms with Crippen molar-refractivity contribution in [1.29, 1.82) is 0 Å². The SMILES string of the molecule is CCCC(=O)N(CCCCCCCCCCCCCCCCCCCCCCCC(=O)NCCCCCCC(C)N(CCCCNCN(CCCCN(C(=O)OC(C)(C)C)C(=O)OC(C)(C)C)C(=O)OC(C)(C)C)C(=O)OC(C)(C)C)N1C(=O)C=CC1=O. The van der Waals surface area contributed by atoms with Gasteiger partial charge in [-0.05, 0) is 154 Å². The van der Waals surface area contributed by atoms with Crippen molar-refractivity contribution >= 4 is 48.0 Å². The molecule has 510 valence electrons. The molecule has 1 heterocycles. The lowest BCUT2D eigenvalue weighted by Crippen LogP contribution is -2.50. The number of hydrogen-bond acceptors (Lipinski definition) is 13. The lowest BCUT2D eigenvalue weighted by atomic mass is 10.0. The molecule has 2 N–H and O–H groups in total. The van der Waals surface area contributed by atoms with Crippen molar-refractivity contribution in [3.63, 3.8) is 0 Å². The molecular weight excluding hydrogens is 1120 g/mol. The normalized spacial score (nSPS) is 13.1. The Morgan fingerprint density at radius 2 is 0.818 bits per heavy atom. The van der Waals surface area contributed by atoms with Crippen LogP contribution in [-0.4, -0.2) is 147 Å². The summed E-state index contributed by atoms with van der Waals surface area (Å²) < 4.78 is 22.5. The van der Waals surface area contributed by atoms with Crippen molar-refractivity contribution in [1.82, 2.24) is 35.4 Å². The maximum absolute atomic E-state index is 13.4. The third-order valence-electron chi connectivity index (χ3n) is 14.8. The first kappa shape index (κ1) is 81.1. The van der Waals surface area contributed by atoms with E-state index in [1.807, 2.05) is 53.4 Å². The van der Waals surface area contributed by atoms with Crippen LogP contribution in [-0.2, 0) is 38.1 Å². The third kappa shape index (κ3) is 42.1. The van der Waals surface area contributed by atoms with E-state index in [0.717, 1.165) is 87.0 Å². The molecule has 0 saturated carbocycles. The summed E-state index contributed by atoms with van der Waals surface area (Å²) in [6.45, 7) is 28.3. The number of unbranched alkanes of at least 4 members (excludes halogenated alkanes) is 25. The van der Waals surface area contributed by atoms with Crippen molar-refractivity contribution in [2.75, 3.05) is 45.9 Å². The highest BCUT2D eigenvalue weighted by Crippen LogP contribution is 2.21. The molecule has 19 heteroatoms. The molecule has 8 amide bonds. The van der Waals surface area contributed by atoms with Gasteiger partial charge in [-0.3, -0.25) is 29.4 Å². The quantitative estimate of drug-likeness (QED) is 0.0251. The van der Waals surface area contributed by atoms with Crippen LogP contribution in [0.3, 0.4) is 0 Å². The minimum atomic E-state index is -0.804. The van der Waals surface area contributed by atoms with Crippen LogP contribution in [0.4, 0.5) is 19.2 Å². The van der Waals surface area contributed by atoms with E-state index in [1.54, 1.807) is 46.4 Å². The molecule has 88 heavy (non-hydrogen) atoms. The van der Waals surface area contributed by atoms with Crippen molar-refractivity contribution in [2.24, 2.45) is 0 Å². The summed E-state index contributed by atoms with van der Waals surface area (Å²) in [4.78, 5) is 106. The second kappa shape index (κ2) is 45.3. The number of carbonyl (C=O) groups excluding carboxylic acids is 8. The smallest absolute Gasteiger partial charge is 0.419 e. The first-order valence-corrected chi connectivity index (χ1v) is 34.5. The highest BCUT2D eigenvalue weighted by molar-refractivity contribution is 6.13. The Kier molecular flexibility index (Phi) is 41.8. The topological polar surface area (TPSA) is 214 Å². The second-order valence-corrected chi connectivity index (χ2v) is 28.3. The van der Waals surface area contributed by atoms with Gasteiger partial charge in [0.05, 0.1) is 6.67 Å². The van der Waals surface area contributed by atoms with Crippen molar-refractivity contribution < 1.29 is 57.3 Å². The van der Waals surface area contributed by atoms with E-state index in [-0.39, 0.29) is 37.2 Å². The number of imide groups is 2. The fourth-order valence-electron chi connectivity index (χ4n) is 10.2. The predicted octanol–water partition coefficient (Wildman–Crippen LogP) is 16.2. The first-order valence-electron chi connectivity index (χ1n) is 34.5. The van der Waals surface area contributed by atoms with Crippen molar-refractivity contribution in [3.05, 3.63) is 12.2 Å². The number of ether oxygens (including phenoxy) is 4. The lowest BCUT2D eigenvalue weighted by Gasteiger charge is -2.32. The minimum absolute atomic E-state index is 0.0114. The molecule has 0 aromatic carbocycles. The van der Waals surface area contributed by atoms with Gasteiger partial charge in [0, 0.05) is 63.8 Å². The third-order valence-corrected chi connectivity index (χ3v) is 14.8. The van der Waals surface area contributed by atoms with Crippen molar-refractivity contribution in [2.45, 2.75) is 337 Å². The molecule has 1 atom stereocenters. The molecule has 1 aliphatic heterocycles. The maximum atomic E-state index is 13.4. The Hall–Kier alpha value is -4.94. The lowest BCUT2D eigenvalue weighted by molar-refractivity contribution is -0.167. The zero-order valence-electron chi connectivity index (χ0n) is 58.2. The highest BCUT2D eigenvalue weighted by Gasteiger charge is 2.34. The molecule has 0 saturated heterocycles. The Bertz CT molecular complexity index is 1980. The highest BCUT2D eigenvalue weighted by atomic mass is 16.6. The van der Waals surface area contributed by atoms with E-state index in [2.05, 4.69) is 17.6 Å². The summed E-state index contributed by atoms with van der Waals surface area (Å²) in [5.41, 5.74) is -2.93. The molecule has 0 aromatic rings. The van der Waals surface area contributed by atoms with Crippen LogP contribution in [0.15, 0.2) is 12.2 Å².